The van der Waals surface area contributed by atoms with E-state index in [0.29, 0.717) is 27.7 Å². The molecule has 2 amide bonds. The summed E-state index contributed by atoms with van der Waals surface area (Å²) < 4.78 is 7.07. The number of nitrogens with zero attached hydrogens (tertiary/aromatic N) is 2. The zero-order chi connectivity index (χ0) is 22.1. The number of ether oxygens (including phenoxy) is 1. The van der Waals surface area contributed by atoms with Crippen LogP contribution in [-0.4, -0.2) is 28.7 Å². The van der Waals surface area contributed by atoms with Crippen molar-refractivity contribution in [1.29, 1.82) is 0 Å². The Bertz CT molecular complexity index is 1170. The van der Waals surface area contributed by atoms with E-state index >= 15 is 0 Å². The molecule has 1 saturated carbocycles. The zero-order valence-corrected chi connectivity index (χ0v) is 18.3. The Hall–Kier alpha value is -3.32. The minimum atomic E-state index is -0.259. The first-order valence-electron chi connectivity index (χ1n) is 9.98. The second kappa shape index (κ2) is 8.43. The summed E-state index contributed by atoms with van der Waals surface area (Å²) in [5.41, 5.74) is 4.25. The van der Waals surface area contributed by atoms with Gasteiger partial charge in [0.15, 0.2) is 0 Å². The smallest absolute Gasteiger partial charge is 0.259 e. The predicted octanol–water partition coefficient (Wildman–Crippen LogP) is 4.93. The molecule has 0 spiro atoms. The quantitative estimate of drug-likeness (QED) is 0.571. The van der Waals surface area contributed by atoms with Crippen molar-refractivity contribution in [2.45, 2.75) is 32.6 Å². The molecule has 1 aliphatic carbocycles. The minimum Gasteiger partial charge on any atom is -0.495 e. The van der Waals surface area contributed by atoms with Crippen molar-refractivity contribution in [3.05, 3.63) is 64.4 Å². The maximum atomic E-state index is 13.1. The molecular weight excluding hydrogens is 416 g/mol. The Kier molecular flexibility index (Phi) is 5.69. The number of carbonyl (C=O) groups is 2. The van der Waals surface area contributed by atoms with Crippen LogP contribution in [0.1, 0.15) is 47.3 Å². The highest BCUT2D eigenvalue weighted by molar-refractivity contribution is 6.31. The van der Waals surface area contributed by atoms with Crippen molar-refractivity contribution in [3.8, 4) is 11.4 Å². The topological polar surface area (TPSA) is 85.2 Å². The molecule has 0 radical (unpaired) electrons. The van der Waals surface area contributed by atoms with Crippen LogP contribution in [0.25, 0.3) is 5.69 Å². The van der Waals surface area contributed by atoms with Gasteiger partial charge in [0.05, 0.1) is 35.9 Å². The third kappa shape index (κ3) is 4.41. The molecule has 0 saturated heterocycles. The molecule has 0 bridgehead atoms. The lowest BCUT2D eigenvalue weighted by molar-refractivity contribution is -0.114. The first-order chi connectivity index (χ1) is 14.9. The standard InChI is InChI=1S/C23H23ClN4O3/c1-13-4-8-17(11-19(13)24)28-22(15-5-6-15)18(12-25-28)23(30)27-16-7-9-21(31-3)20(10-16)26-14(2)29/h4,7-12,15H,5-6H2,1-3H3,(H,26,29)(H,27,30). The molecule has 0 aliphatic heterocycles. The van der Waals surface area contributed by atoms with Crippen molar-refractivity contribution in [2.75, 3.05) is 17.7 Å². The molecule has 31 heavy (non-hydrogen) atoms. The third-order valence-corrected chi connectivity index (χ3v) is 5.59. The van der Waals surface area contributed by atoms with Crippen molar-refractivity contribution >= 4 is 34.8 Å². The Balaban J connectivity index is 1.64. The summed E-state index contributed by atoms with van der Waals surface area (Å²) in [5.74, 6) is 0.311. The van der Waals surface area contributed by atoms with Gasteiger partial charge >= 0.3 is 0 Å². The third-order valence-electron chi connectivity index (χ3n) is 5.18. The van der Waals surface area contributed by atoms with Crippen molar-refractivity contribution in [2.24, 2.45) is 0 Å². The maximum Gasteiger partial charge on any atom is 0.259 e. The second-order valence-electron chi connectivity index (χ2n) is 7.61. The van der Waals surface area contributed by atoms with Crippen LogP contribution < -0.4 is 15.4 Å². The van der Waals surface area contributed by atoms with E-state index in [2.05, 4.69) is 15.7 Å². The summed E-state index contributed by atoms with van der Waals surface area (Å²) in [6.07, 6.45) is 3.62. The van der Waals surface area contributed by atoms with Crippen molar-refractivity contribution in [3.63, 3.8) is 0 Å². The molecule has 0 unspecified atom stereocenters. The monoisotopic (exact) mass is 438 g/mol. The van der Waals surface area contributed by atoms with Gasteiger partial charge in [-0.15, -0.1) is 0 Å². The highest BCUT2D eigenvalue weighted by atomic mass is 35.5. The zero-order valence-electron chi connectivity index (χ0n) is 17.5. The normalized spacial score (nSPS) is 13.0. The summed E-state index contributed by atoms with van der Waals surface area (Å²) in [5, 5.41) is 10.8. The number of benzene rings is 2. The number of aromatic nitrogens is 2. The number of hydrogen-bond donors (Lipinski definition) is 2. The molecule has 3 aromatic rings. The average molecular weight is 439 g/mol. The van der Waals surface area contributed by atoms with E-state index in [1.54, 1.807) is 29.1 Å². The summed E-state index contributed by atoms with van der Waals surface area (Å²) in [7, 11) is 1.52. The number of nitrogens with one attached hydrogen (secondary N) is 2. The van der Waals surface area contributed by atoms with Crippen LogP contribution in [0, 0.1) is 6.92 Å². The number of anilines is 2. The Labute approximate surface area is 185 Å². The van der Waals surface area contributed by atoms with Gasteiger partial charge in [0.25, 0.3) is 5.91 Å². The van der Waals surface area contributed by atoms with E-state index in [9.17, 15) is 9.59 Å². The van der Waals surface area contributed by atoms with Crippen LogP contribution in [0.15, 0.2) is 42.6 Å². The van der Waals surface area contributed by atoms with Crippen LogP contribution >= 0.6 is 11.6 Å². The number of amides is 2. The van der Waals surface area contributed by atoms with Gasteiger partial charge in [0.1, 0.15) is 5.75 Å². The second-order valence-corrected chi connectivity index (χ2v) is 8.02. The Morgan fingerprint density at radius 2 is 1.94 bits per heavy atom. The molecule has 1 fully saturated rings. The molecular formula is C23H23ClN4O3. The van der Waals surface area contributed by atoms with Crippen LogP contribution in [0.3, 0.4) is 0 Å². The molecule has 7 nitrogen and oxygen atoms in total. The summed E-state index contributed by atoms with van der Waals surface area (Å²) in [6, 6.07) is 10.8. The lowest BCUT2D eigenvalue weighted by Gasteiger charge is -2.13. The van der Waals surface area contributed by atoms with Crippen LogP contribution in [0.5, 0.6) is 5.75 Å². The fourth-order valence-electron chi connectivity index (χ4n) is 3.47. The van der Waals surface area contributed by atoms with Crippen LogP contribution in [0.4, 0.5) is 11.4 Å². The molecule has 8 heteroatoms. The number of carbonyl (C=O) groups excluding carboxylic acids is 2. The molecule has 4 rings (SSSR count). The number of rotatable bonds is 6. The van der Waals surface area contributed by atoms with Gasteiger partial charge in [-0.3, -0.25) is 9.59 Å². The van der Waals surface area contributed by atoms with E-state index in [0.717, 1.165) is 29.8 Å². The van der Waals surface area contributed by atoms with Gasteiger partial charge in [-0.25, -0.2) is 4.68 Å². The molecule has 2 aromatic carbocycles. The van der Waals surface area contributed by atoms with E-state index in [1.807, 2.05) is 25.1 Å². The highest BCUT2D eigenvalue weighted by Crippen LogP contribution is 2.43. The van der Waals surface area contributed by atoms with E-state index in [4.69, 9.17) is 16.3 Å². The van der Waals surface area contributed by atoms with Gasteiger partial charge in [-0.1, -0.05) is 17.7 Å². The fraction of sp³-hybridized carbons (Fsp3) is 0.261. The van der Waals surface area contributed by atoms with Gasteiger partial charge in [0.2, 0.25) is 5.91 Å². The van der Waals surface area contributed by atoms with Gasteiger partial charge in [-0.05, 0) is 55.7 Å². The first-order valence-corrected chi connectivity index (χ1v) is 10.4. The minimum absolute atomic E-state index is 0.226. The molecule has 0 atom stereocenters. The summed E-state index contributed by atoms with van der Waals surface area (Å²) in [6.45, 7) is 3.36. The van der Waals surface area contributed by atoms with Gasteiger partial charge < -0.3 is 15.4 Å². The van der Waals surface area contributed by atoms with Crippen LogP contribution in [-0.2, 0) is 4.79 Å². The lowest BCUT2D eigenvalue weighted by Crippen LogP contribution is -2.15. The largest absolute Gasteiger partial charge is 0.495 e. The summed E-state index contributed by atoms with van der Waals surface area (Å²) >= 11 is 6.30. The van der Waals surface area contributed by atoms with E-state index in [1.165, 1.54) is 14.0 Å². The van der Waals surface area contributed by atoms with Crippen LogP contribution in [0.2, 0.25) is 5.02 Å². The molecule has 2 N–H and O–H groups in total. The lowest BCUT2D eigenvalue weighted by atomic mass is 10.1. The fourth-order valence-corrected chi connectivity index (χ4v) is 3.65. The highest BCUT2D eigenvalue weighted by Gasteiger charge is 2.33. The van der Waals surface area contributed by atoms with E-state index < -0.39 is 0 Å². The number of halogens is 1. The molecule has 160 valence electrons. The van der Waals surface area contributed by atoms with Crippen molar-refractivity contribution in [1.82, 2.24) is 9.78 Å². The maximum absolute atomic E-state index is 13.1. The first kappa shape index (κ1) is 20.9. The predicted molar refractivity (Wildman–Crippen MR) is 121 cm³/mol. The number of methoxy groups -OCH3 is 1. The number of hydrogen-bond acceptors (Lipinski definition) is 4. The average Bonchev–Trinajstić information content (AvgIpc) is 3.47. The SMILES string of the molecule is COc1ccc(NC(=O)c2cnn(-c3ccc(C)c(Cl)c3)c2C2CC2)cc1NC(C)=O. The Morgan fingerprint density at radius 3 is 2.58 bits per heavy atom. The summed E-state index contributed by atoms with van der Waals surface area (Å²) in [4.78, 5) is 24.6. The van der Waals surface area contributed by atoms with Crippen molar-refractivity contribution < 1.29 is 14.3 Å². The number of aryl methyl sites for hydroxylation is 1. The Morgan fingerprint density at radius 1 is 1.16 bits per heavy atom. The molecule has 1 heterocycles. The van der Waals surface area contributed by atoms with Gasteiger partial charge in [0, 0.05) is 23.6 Å². The van der Waals surface area contributed by atoms with Gasteiger partial charge in [-0.2, -0.15) is 5.10 Å². The van der Waals surface area contributed by atoms with E-state index in [-0.39, 0.29) is 17.7 Å². The molecule has 1 aromatic heterocycles. The molecule has 1 aliphatic rings.